The molecule has 2 rings (SSSR count). The molecule has 1 aliphatic rings. The van der Waals surface area contributed by atoms with Gasteiger partial charge in [-0.15, -0.1) is 0 Å². The molecule has 1 N–H and O–H groups in total. The zero-order valence-corrected chi connectivity index (χ0v) is 13.9. The van der Waals surface area contributed by atoms with Crippen molar-refractivity contribution in [2.45, 2.75) is 71.4 Å². The van der Waals surface area contributed by atoms with Gasteiger partial charge in [0.05, 0.1) is 25.0 Å². The van der Waals surface area contributed by atoms with Gasteiger partial charge in [-0.25, -0.2) is 0 Å². The third-order valence-electron chi connectivity index (χ3n) is 4.63. The van der Waals surface area contributed by atoms with Gasteiger partial charge in [0.25, 0.3) is 0 Å². The smallest absolute Gasteiger partial charge is 0.161 e. The largest absolute Gasteiger partial charge is 0.493 e. The third-order valence-corrected chi connectivity index (χ3v) is 4.63. The summed E-state index contributed by atoms with van der Waals surface area (Å²) in [6.45, 7) is 6.32. The molecule has 1 heterocycles. The average molecular weight is 293 g/mol. The van der Waals surface area contributed by atoms with Crippen molar-refractivity contribution in [3.8, 4) is 5.75 Å². The Kier molecular flexibility index (Phi) is 6.55. The Bertz CT molecular complexity index is 389. The quantitative estimate of drug-likeness (QED) is 0.789. The van der Waals surface area contributed by atoms with Crippen molar-refractivity contribution in [3.05, 3.63) is 11.9 Å². The summed E-state index contributed by atoms with van der Waals surface area (Å²) in [5.74, 6) is 1.78. The van der Waals surface area contributed by atoms with Gasteiger partial charge in [-0.3, -0.25) is 4.68 Å². The summed E-state index contributed by atoms with van der Waals surface area (Å²) >= 11 is 0. The first-order valence-corrected chi connectivity index (χ1v) is 8.63. The van der Waals surface area contributed by atoms with E-state index in [-0.39, 0.29) is 0 Å². The van der Waals surface area contributed by atoms with Crippen LogP contribution in [0.25, 0.3) is 0 Å². The van der Waals surface area contributed by atoms with Crippen LogP contribution in [0, 0.1) is 5.92 Å². The molecule has 0 radical (unpaired) electrons. The lowest BCUT2D eigenvalue weighted by atomic mass is 9.84. The van der Waals surface area contributed by atoms with Gasteiger partial charge in [0, 0.05) is 6.54 Å². The van der Waals surface area contributed by atoms with E-state index in [4.69, 9.17) is 4.74 Å². The lowest BCUT2D eigenvalue weighted by Crippen LogP contribution is -2.28. The SMILES string of the molecule is CCCNC(CC1CCCCC1)c1c(OC)cnn1CC. The van der Waals surface area contributed by atoms with Gasteiger partial charge in [-0.05, 0) is 32.2 Å². The van der Waals surface area contributed by atoms with Crippen molar-refractivity contribution < 1.29 is 4.74 Å². The molecule has 0 saturated heterocycles. The number of aryl methyl sites for hydroxylation is 1. The number of hydrogen-bond acceptors (Lipinski definition) is 3. The molecule has 1 saturated carbocycles. The molecular weight excluding hydrogens is 262 g/mol. The first-order chi connectivity index (χ1) is 10.3. The molecule has 0 aliphatic heterocycles. The molecule has 0 amide bonds. The van der Waals surface area contributed by atoms with Gasteiger partial charge in [0.1, 0.15) is 0 Å². The zero-order valence-electron chi connectivity index (χ0n) is 13.9. The summed E-state index contributed by atoms with van der Waals surface area (Å²) in [7, 11) is 1.75. The predicted octanol–water partition coefficient (Wildman–Crippen LogP) is 3.92. The van der Waals surface area contributed by atoms with Crippen molar-refractivity contribution >= 4 is 0 Å². The van der Waals surface area contributed by atoms with Crippen molar-refractivity contribution in [3.63, 3.8) is 0 Å². The molecule has 1 aromatic rings. The third kappa shape index (κ3) is 4.22. The van der Waals surface area contributed by atoms with E-state index >= 15 is 0 Å². The van der Waals surface area contributed by atoms with E-state index < -0.39 is 0 Å². The number of nitrogens with one attached hydrogen (secondary N) is 1. The fourth-order valence-corrected chi connectivity index (χ4v) is 3.50. The van der Waals surface area contributed by atoms with Crippen molar-refractivity contribution in [1.82, 2.24) is 15.1 Å². The molecule has 0 bridgehead atoms. The number of aromatic nitrogens is 2. The van der Waals surface area contributed by atoms with E-state index in [1.165, 1.54) is 44.2 Å². The number of methoxy groups -OCH3 is 1. The Morgan fingerprint density at radius 2 is 2.10 bits per heavy atom. The molecule has 0 aromatic carbocycles. The molecule has 1 atom stereocenters. The van der Waals surface area contributed by atoms with Crippen LogP contribution >= 0.6 is 0 Å². The van der Waals surface area contributed by atoms with Crippen molar-refractivity contribution in [1.29, 1.82) is 0 Å². The zero-order chi connectivity index (χ0) is 15.1. The highest BCUT2D eigenvalue weighted by Crippen LogP contribution is 2.35. The van der Waals surface area contributed by atoms with Gasteiger partial charge >= 0.3 is 0 Å². The van der Waals surface area contributed by atoms with Gasteiger partial charge in [0.15, 0.2) is 5.75 Å². The van der Waals surface area contributed by atoms with Crippen LogP contribution in [0.2, 0.25) is 0 Å². The van der Waals surface area contributed by atoms with Gasteiger partial charge in [-0.1, -0.05) is 39.0 Å². The van der Waals surface area contributed by atoms with Gasteiger partial charge in [0.2, 0.25) is 0 Å². The van der Waals surface area contributed by atoms with Crippen LogP contribution in [0.1, 0.15) is 70.5 Å². The number of hydrogen-bond donors (Lipinski definition) is 1. The predicted molar refractivity (Wildman–Crippen MR) is 86.7 cm³/mol. The molecule has 1 unspecified atom stereocenters. The fraction of sp³-hybridized carbons (Fsp3) is 0.824. The minimum Gasteiger partial charge on any atom is -0.493 e. The summed E-state index contributed by atoms with van der Waals surface area (Å²) in [6, 6.07) is 0.366. The molecule has 21 heavy (non-hydrogen) atoms. The maximum atomic E-state index is 5.55. The normalized spacial score (nSPS) is 17.9. The second-order valence-corrected chi connectivity index (χ2v) is 6.16. The Morgan fingerprint density at radius 1 is 1.33 bits per heavy atom. The fourth-order valence-electron chi connectivity index (χ4n) is 3.50. The Morgan fingerprint density at radius 3 is 2.71 bits per heavy atom. The van der Waals surface area contributed by atoms with Crippen molar-refractivity contribution in [2.24, 2.45) is 5.92 Å². The van der Waals surface area contributed by atoms with E-state index in [0.29, 0.717) is 6.04 Å². The Labute approximate surface area is 129 Å². The second kappa shape index (κ2) is 8.42. The van der Waals surface area contributed by atoms with Crippen LogP contribution < -0.4 is 10.1 Å². The number of rotatable bonds is 8. The molecule has 0 spiro atoms. The molecule has 120 valence electrons. The van der Waals surface area contributed by atoms with Crippen LogP contribution in [-0.2, 0) is 6.54 Å². The topological polar surface area (TPSA) is 39.1 Å². The minimum absolute atomic E-state index is 0.366. The van der Waals surface area contributed by atoms with E-state index in [1.54, 1.807) is 7.11 Å². The molecule has 1 aliphatic carbocycles. The molecular formula is C17H31N3O. The summed E-state index contributed by atoms with van der Waals surface area (Å²) in [6.07, 6.45) is 11.2. The van der Waals surface area contributed by atoms with Crippen LogP contribution in [0.3, 0.4) is 0 Å². The van der Waals surface area contributed by atoms with E-state index in [0.717, 1.165) is 31.2 Å². The monoisotopic (exact) mass is 293 g/mol. The lowest BCUT2D eigenvalue weighted by molar-refractivity contribution is 0.288. The van der Waals surface area contributed by atoms with Crippen LogP contribution in [0.5, 0.6) is 5.75 Å². The second-order valence-electron chi connectivity index (χ2n) is 6.16. The molecule has 4 heteroatoms. The molecule has 4 nitrogen and oxygen atoms in total. The van der Waals surface area contributed by atoms with Gasteiger partial charge < -0.3 is 10.1 Å². The highest BCUT2D eigenvalue weighted by atomic mass is 16.5. The number of nitrogens with zero attached hydrogens (tertiary/aromatic N) is 2. The summed E-state index contributed by atoms with van der Waals surface area (Å²) in [5.41, 5.74) is 1.24. The Balaban J connectivity index is 2.15. The maximum absolute atomic E-state index is 5.55. The minimum atomic E-state index is 0.366. The standard InChI is InChI=1S/C17H31N3O/c1-4-11-18-15(12-14-9-7-6-8-10-14)17-16(21-3)13-19-20(17)5-2/h13-15,18H,4-12H2,1-3H3. The van der Waals surface area contributed by atoms with E-state index in [1.807, 2.05) is 6.20 Å². The number of ether oxygens (including phenoxy) is 1. The Hall–Kier alpha value is -1.03. The van der Waals surface area contributed by atoms with Crippen LogP contribution in [0.15, 0.2) is 6.20 Å². The summed E-state index contributed by atoms with van der Waals surface area (Å²) < 4.78 is 7.65. The highest BCUT2D eigenvalue weighted by Gasteiger charge is 2.25. The van der Waals surface area contributed by atoms with Crippen molar-refractivity contribution in [2.75, 3.05) is 13.7 Å². The van der Waals surface area contributed by atoms with Gasteiger partial charge in [-0.2, -0.15) is 5.10 Å². The first-order valence-electron chi connectivity index (χ1n) is 8.63. The van der Waals surface area contributed by atoms with E-state index in [9.17, 15) is 0 Å². The molecule has 1 fully saturated rings. The summed E-state index contributed by atoms with van der Waals surface area (Å²) in [5, 5.41) is 8.21. The summed E-state index contributed by atoms with van der Waals surface area (Å²) in [4.78, 5) is 0. The first kappa shape index (κ1) is 16.3. The maximum Gasteiger partial charge on any atom is 0.161 e. The average Bonchev–Trinajstić information content (AvgIpc) is 2.95. The molecule has 1 aromatic heterocycles. The highest BCUT2D eigenvalue weighted by molar-refractivity contribution is 5.28. The van der Waals surface area contributed by atoms with Crippen LogP contribution in [0.4, 0.5) is 0 Å². The lowest BCUT2D eigenvalue weighted by Gasteiger charge is -2.28. The van der Waals surface area contributed by atoms with Crippen LogP contribution in [-0.4, -0.2) is 23.4 Å². The van der Waals surface area contributed by atoms with E-state index in [2.05, 4.69) is 28.9 Å².